The van der Waals surface area contributed by atoms with Crippen LogP contribution in [0.2, 0.25) is 0 Å². The Kier molecular flexibility index (Phi) is 2.81. The summed E-state index contributed by atoms with van der Waals surface area (Å²) in [4.78, 5) is 0. The fraction of sp³-hybridized carbons (Fsp3) is 1.00. The second-order valence-corrected chi connectivity index (χ2v) is 7.22. The van der Waals surface area contributed by atoms with E-state index in [-0.39, 0.29) is 29.3 Å². The summed E-state index contributed by atoms with van der Waals surface area (Å²) in [5.74, 6) is 0.407. The van der Waals surface area contributed by atoms with Gasteiger partial charge in [-0.3, -0.25) is 0 Å². The summed E-state index contributed by atoms with van der Waals surface area (Å²) in [6.45, 7) is 1.68. The van der Waals surface area contributed by atoms with E-state index in [2.05, 4.69) is 0 Å². The van der Waals surface area contributed by atoms with E-state index in [0.717, 1.165) is 19.3 Å². The highest BCUT2D eigenvalue weighted by Crippen LogP contribution is 2.42. The molecule has 88 valence electrons. The maximum atomic E-state index is 11.4. The molecular weight excluding hydrogens is 214 g/mol. The number of fused-ring (bicyclic) bond motifs is 2. The van der Waals surface area contributed by atoms with Crippen LogP contribution in [0.15, 0.2) is 0 Å². The maximum absolute atomic E-state index is 11.4. The van der Waals surface area contributed by atoms with Gasteiger partial charge in [-0.2, -0.15) is 0 Å². The van der Waals surface area contributed by atoms with Crippen LogP contribution in [0.3, 0.4) is 0 Å². The van der Waals surface area contributed by atoms with Gasteiger partial charge in [0.1, 0.15) is 9.84 Å². The Morgan fingerprint density at radius 3 is 2.67 bits per heavy atom. The molecule has 5 heteroatoms. The molecule has 0 spiro atoms. The molecule has 2 fully saturated rings. The number of rotatable bonds is 4. The van der Waals surface area contributed by atoms with Crippen molar-refractivity contribution >= 4 is 9.84 Å². The molecule has 2 N–H and O–H groups in total. The van der Waals surface area contributed by atoms with Gasteiger partial charge in [0.05, 0.1) is 18.0 Å². The van der Waals surface area contributed by atoms with Crippen molar-refractivity contribution in [2.75, 3.05) is 11.5 Å². The molecule has 0 aromatic carbocycles. The fourth-order valence-corrected chi connectivity index (χ4v) is 3.57. The minimum Gasteiger partial charge on any atom is -0.373 e. The fourth-order valence-electron chi connectivity index (χ4n) is 2.59. The van der Waals surface area contributed by atoms with Crippen LogP contribution in [0.25, 0.3) is 0 Å². The van der Waals surface area contributed by atoms with Gasteiger partial charge in [-0.25, -0.2) is 8.42 Å². The SMILES string of the molecule is CCS(=O)(=O)CCC1(N)CC2CCC1O2. The predicted molar refractivity (Wildman–Crippen MR) is 58.4 cm³/mol. The van der Waals surface area contributed by atoms with Crippen molar-refractivity contribution in [3.05, 3.63) is 0 Å². The van der Waals surface area contributed by atoms with Gasteiger partial charge >= 0.3 is 0 Å². The van der Waals surface area contributed by atoms with E-state index in [1.807, 2.05) is 0 Å². The number of hydrogen-bond acceptors (Lipinski definition) is 4. The quantitative estimate of drug-likeness (QED) is 0.766. The molecule has 0 aromatic heterocycles. The summed E-state index contributed by atoms with van der Waals surface area (Å²) in [7, 11) is -2.90. The molecule has 2 heterocycles. The van der Waals surface area contributed by atoms with E-state index in [1.165, 1.54) is 0 Å². The molecule has 15 heavy (non-hydrogen) atoms. The summed E-state index contributed by atoms with van der Waals surface area (Å²) < 4.78 is 28.5. The summed E-state index contributed by atoms with van der Waals surface area (Å²) in [6.07, 6.45) is 3.83. The van der Waals surface area contributed by atoms with Gasteiger partial charge in [-0.15, -0.1) is 0 Å². The smallest absolute Gasteiger partial charge is 0.150 e. The molecule has 2 saturated heterocycles. The van der Waals surface area contributed by atoms with Crippen molar-refractivity contribution in [3.8, 4) is 0 Å². The Morgan fingerprint density at radius 2 is 2.20 bits per heavy atom. The molecular formula is C10H19NO3S. The molecule has 2 aliphatic rings. The second kappa shape index (κ2) is 3.71. The minimum atomic E-state index is -2.90. The first-order valence-electron chi connectivity index (χ1n) is 5.60. The Balaban J connectivity index is 1.95. The standard InChI is InChI=1S/C10H19NO3S/c1-2-15(12,13)6-5-10(11)7-8-3-4-9(10)14-8/h8-9H,2-7,11H2,1H3. The van der Waals surface area contributed by atoms with Gasteiger partial charge < -0.3 is 10.5 Å². The van der Waals surface area contributed by atoms with Crippen molar-refractivity contribution < 1.29 is 13.2 Å². The summed E-state index contributed by atoms with van der Waals surface area (Å²) in [6, 6.07) is 0. The zero-order valence-corrected chi connectivity index (χ0v) is 9.92. The lowest BCUT2D eigenvalue weighted by atomic mass is 9.81. The summed E-state index contributed by atoms with van der Waals surface area (Å²) >= 11 is 0. The Hall–Kier alpha value is -0.130. The Bertz CT molecular complexity index is 341. The molecule has 0 aliphatic carbocycles. The van der Waals surface area contributed by atoms with Crippen LogP contribution in [0.5, 0.6) is 0 Å². The molecule has 2 bridgehead atoms. The number of ether oxygens (including phenoxy) is 1. The van der Waals surface area contributed by atoms with Crippen LogP contribution in [0.1, 0.15) is 32.6 Å². The molecule has 0 saturated carbocycles. The van der Waals surface area contributed by atoms with Crippen LogP contribution < -0.4 is 5.73 Å². The molecule has 3 unspecified atom stereocenters. The van der Waals surface area contributed by atoms with E-state index in [1.54, 1.807) is 6.92 Å². The monoisotopic (exact) mass is 233 g/mol. The van der Waals surface area contributed by atoms with Gasteiger partial charge in [-0.1, -0.05) is 6.92 Å². The number of sulfone groups is 1. The highest BCUT2D eigenvalue weighted by atomic mass is 32.2. The molecule has 3 atom stereocenters. The second-order valence-electron chi connectivity index (χ2n) is 4.75. The van der Waals surface area contributed by atoms with Gasteiger partial charge in [0.25, 0.3) is 0 Å². The van der Waals surface area contributed by atoms with Crippen molar-refractivity contribution in [2.24, 2.45) is 5.73 Å². The molecule has 2 aliphatic heterocycles. The van der Waals surface area contributed by atoms with E-state index >= 15 is 0 Å². The number of nitrogens with two attached hydrogens (primary N) is 1. The molecule has 2 rings (SSSR count). The van der Waals surface area contributed by atoms with Crippen LogP contribution >= 0.6 is 0 Å². The lowest BCUT2D eigenvalue weighted by molar-refractivity contribution is 0.0850. The molecule has 0 radical (unpaired) electrons. The highest BCUT2D eigenvalue weighted by molar-refractivity contribution is 7.91. The molecule has 0 amide bonds. The lowest BCUT2D eigenvalue weighted by Gasteiger charge is -2.30. The van der Waals surface area contributed by atoms with Gasteiger partial charge in [0.2, 0.25) is 0 Å². The predicted octanol–water partition coefficient (Wildman–Crippen LogP) is 0.460. The third-order valence-electron chi connectivity index (χ3n) is 3.67. The van der Waals surface area contributed by atoms with Gasteiger partial charge in [-0.05, 0) is 25.7 Å². The molecule has 0 aromatic rings. The third-order valence-corrected chi connectivity index (χ3v) is 5.38. The average molecular weight is 233 g/mol. The first kappa shape index (κ1) is 11.4. The largest absolute Gasteiger partial charge is 0.373 e. The topological polar surface area (TPSA) is 69.4 Å². The Labute approximate surface area is 91.1 Å². The maximum Gasteiger partial charge on any atom is 0.150 e. The van der Waals surface area contributed by atoms with Crippen molar-refractivity contribution in [1.29, 1.82) is 0 Å². The third kappa shape index (κ3) is 2.19. The lowest BCUT2D eigenvalue weighted by Crippen LogP contribution is -2.49. The van der Waals surface area contributed by atoms with Gasteiger partial charge in [0.15, 0.2) is 0 Å². The van der Waals surface area contributed by atoms with Crippen molar-refractivity contribution in [2.45, 2.75) is 50.4 Å². The van der Waals surface area contributed by atoms with Crippen molar-refractivity contribution in [1.82, 2.24) is 0 Å². The summed E-state index contributed by atoms with van der Waals surface area (Å²) in [5, 5.41) is 0. The highest BCUT2D eigenvalue weighted by Gasteiger charge is 2.49. The average Bonchev–Trinajstić information content (AvgIpc) is 2.75. The first-order valence-corrected chi connectivity index (χ1v) is 7.42. The van der Waals surface area contributed by atoms with Crippen LogP contribution in [0.4, 0.5) is 0 Å². The summed E-state index contributed by atoms with van der Waals surface area (Å²) in [5.41, 5.74) is 5.83. The number of hydrogen-bond donors (Lipinski definition) is 1. The van der Waals surface area contributed by atoms with E-state index in [9.17, 15) is 8.42 Å². The first-order chi connectivity index (χ1) is 6.95. The minimum absolute atomic E-state index is 0.0922. The Morgan fingerprint density at radius 1 is 1.47 bits per heavy atom. The van der Waals surface area contributed by atoms with Crippen LogP contribution in [-0.4, -0.2) is 37.7 Å². The van der Waals surface area contributed by atoms with Gasteiger partial charge in [0, 0.05) is 11.3 Å². The van der Waals surface area contributed by atoms with E-state index in [4.69, 9.17) is 10.5 Å². The zero-order chi connectivity index (χ0) is 11.1. The normalized spacial score (nSPS) is 39.9. The van der Waals surface area contributed by atoms with E-state index in [0.29, 0.717) is 6.42 Å². The van der Waals surface area contributed by atoms with Crippen LogP contribution in [-0.2, 0) is 14.6 Å². The van der Waals surface area contributed by atoms with Crippen molar-refractivity contribution in [3.63, 3.8) is 0 Å². The zero-order valence-electron chi connectivity index (χ0n) is 9.11. The molecule has 4 nitrogen and oxygen atoms in total. The van der Waals surface area contributed by atoms with Crippen LogP contribution in [0, 0.1) is 0 Å². The van der Waals surface area contributed by atoms with E-state index < -0.39 is 9.84 Å².